The summed E-state index contributed by atoms with van der Waals surface area (Å²) in [6.07, 6.45) is 0.852. The second kappa shape index (κ2) is 9.58. The molecule has 0 aliphatic carbocycles. The highest BCUT2D eigenvalue weighted by Crippen LogP contribution is 2.25. The summed E-state index contributed by atoms with van der Waals surface area (Å²) in [6.45, 7) is 0.349. The van der Waals surface area contributed by atoms with Crippen molar-refractivity contribution >= 4 is 21.9 Å². The van der Waals surface area contributed by atoms with Crippen LogP contribution in [0.3, 0.4) is 0 Å². The maximum atomic E-state index is 12.9. The largest absolute Gasteiger partial charge is 0.481 e. The van der Waals surface area contributed by atoms with Crippen LogP contribution in [0.2, 0.25) is 0 Å². The maximum Gasteiger partial charge on any atom is 0.311 e. The Hall–Kier alpha value is -3.13. The van der Waals surface area contributed by atoms with E-state index in [1.165, 1.54) is 0 Å². The lowest BCUT2D eigenvalue weighted by Gasteiger charge is -2.20. The van der Waals surface area contributed by atoms with Crippen LogP contribution >= 0.6 is 0 Å². The smallest absolute Gasteiger partial charge is 0.311 e. The van der Waals surface area contributed by atoms with Crippen LogP contribution in [0.5, 0.6) is 0 Å². The molecule has 7 nitrogen and oxygen atoms in total. The van der Waals surface area contributed by atoms with Crippen LogP contribution in [0.25, 0.3) is 0 Å². The fraction of sp³-hybridized carbons (Fsp3) is 0.273. The molecular weight excluding hydrogens is 404 g/mol. The Kier molecular flexibility index (Phi) is 6.89. The Morgan fingerprint density at radius 1 is 1.03 bits per heavy atom. The van der Waals surface area contributed by atoms with Gasteiger partial charge in [0.05, 0.1) is 17.2 Å². The summed E-state index contributed by atoms with van der Waals surface area (Å²) in [6, 6.07) is 17.7. The first kappa shape index (κ1) is 21.6. The van der Waals surface area contributed by atoms with Crippen LogP contribution in [0.4, 0.5) is 0 Å². The van der Waals surface area contributed by atoms with Crippen molar-refractivity contribution in [1.29, 1.82) is 0 Å². The monoisotopic (exact) mass is 428 g/mol. The number of carboxylic acid groups (broad SMARTS) is 1. The number of nitrogens with one attached hydrogen (secondary N) is 2. The Balaban J connectivity index is 2.03. The number of amides is 1. The van der Waals surface area contributed by atoms with Crippen molar-refractivity contribution in [3.8, 4) is 0 Å². The molecule has 8 heteroatoms. The van der Waals surface area contributed by atoms with Gasteiger partial charge in [0.15, 0.2) is 0 Å². The molecule has 3 rings (SSSR count). The molecule has 0 bridgehead atoms. The van der Waals surface area contributed by atoms with Crippen molar-refractivity contribution in [2.75, 3.05) is 6.54 Å². The van der Waals surface area contributed by atoms with E-state index < -0.39 is 27.8 Å². The molecule has 1 saturated heterocycles. The second-order valence-corrected chi connectivity index (χ2v) is 8.91. The zero-order valence-electron chi connectivity index (χ0n) is 16.4. The standard InChI is InChI=1S/C22H24N2O5S/c25-21-20(18(22(26)27)12-7-13-23-21)19(14-16-8-3-1-4-9-16)24-30(28,29)15-17-10-5-2-6-11-17/h1-6,8-11,18,24H,7,12-15H2,(H,23,25)(H,26,27). The minimum absolute atomic E-state index is 0.0273. The second-order valence-electron chi connectivity index (χ2n) is 7.19. The lowest BCUT2D eigenvalue weighted by Crippen LogP contribution is -2.35. The van der Waals surface area contributed by atoms with Gasteiger partial charge in [-0.3, -0.25) is 14.3 Å². The first-order valence-corrected chi connectivity index (χ1v) is 11.3. The van der Waals surface area contributed by atoms with Crippen LogP contribution in [-0.4, -0.2) is 31.9 Å². The Labute approximate surface area is 175 Å². The zero-order chi connectivity index (χ0) is 21.6. The maximum absolute atomic E-state index is 12.9. The van der Waals surface area contributed by atoms with E-state index in [0.717, 1.165) is 5.56 Å². The highest BCUT2D eigenvalue weighted by atomic mass is 32.2. The van der Waals surface area contributed by atoms with E-state index >= 15 is 0 Å². The molecule has 1 atom stereocenters. The van der Waals surface area contributed by atoms with E-state index in [2.05, 4.69) is 10.0 Å². The molecule has 1 heterocycles. The van der Waals surface area contributed by atoms with Crippen molar-refractivity contribution in [1.82, 2.24) is 10.0 Å². The summed E-state index contributed by atoms with van der Waals surface area (Å²) in [5.41, 5.74) is 1.43. The van der Waals surface area contributed by atoms with Crippen LogP contribution < -0.4 is 10.0 Å². The lowest BCUT2D eigenvalue weighted by atomic mass is 9.91. The van der Waals surface area contributed by atoms with E-state index in [-0.39, 0.29) is 29.9 Å². The van der Waals surface area contributed by atoms with E-state index in [1.54, 1.807) is 54.6 Å². The predicted molar refractivity (Wildman–Crippen MR) is 113 cm³/mol. The van der Waals surface area contributed by atoms with Crippen molar-refractivity contribution in [3.63, 3.8) is 0 Å². The Bertz CT molecular complexity index is 1030. The van der Waals surface area contributed by atoms with Gasteiger partial charge in [-0.05, 0) is 24.0 Å². The van der Waals surface area contributed by atoms with Crippen molar-refractivity contribution in [2.24, 2.45) is 5.92 Å². The van der Waals surface area contributed by atoms with Gasteiger partial charge in [0, 0.05) is 18.7 Å². The molecule has 0 saturated carbocycles. The SMILES string of the molecule is O=C1NCCCC(C(=O)O)C1=C(Cc1ccccc1)NS(=O)(=O)Cc1ccccc1. The van der Waals surface area contributed by atoms with Gasteiger partial charge >= 0.3 is 5.97 Å². The minimum Gasteiger partial charge on any atom is -0.481 e. The molecule has 158 valence electrons. The summed E-state index contributed by atoms with van der Waals surface area (Å²) in [5.74, 6) is -3.05. The number of hydrogen-bond acceptors (Lipinski definition) is 4. The molecule has 2 aromatic rings. The molecule has 1 fully saturated rings. The fourth-order valence-corrected chi connectivity index (χ4v) is 4.76. The number of carbonyl (C=O) groups excluding carboxylic acids is 1. The lowest BCUT2D eigenvalue weighted by molar-refractivity contribution is -0.141. The van der Waals surface area contributed by atoms with Gasteiger partial charge in [0.1, 0.15) is 0 Å². The van der Waals surface area contributed by atoms with Crippen molar-refractivity contribution in [2.45, 2.75) is 25.0 Å². The summed E-state index contributed by atoms with van der Waals surface area (Å²) in [5, 5.41) is 12.4. The molecule has 3 N–H and O–H groups in total. The predicted octanol–water partition coefficient (Wildman–Crippen LogP) is 2.21. The van der Waals surface area contributed by atoms with Gasteiger partial charge in [0.2, 0.25) is 15.9 Å². The fourth-order valence-electron chi connectivity index (χ4n) is 3.50. The number of aliphatic carboxylic acids is 1. The van der Waals surface area contributed by atoms with E-state index in [9.17, 15) is 23.1 Å². The van der Waals surface area contributed by atoms with E-state index in [4.69, 9.17) is 0 Å². The molecule has 1 unspecified atom stereocenters. The van der Waals surface area contributed by atoms with Gasteiger partial charge in [-0.15, -0.1) is 0 Å². The molecule has 30 heavy (non-hydrogen) atoms. The molecule has 1 aliphatic heterocycles. The molecule has 2 aromatic carbocycles. The quantitative estimate of drug-likeness (QED) is 0.586. The van der Waals surface area contributed by atoms with Gasteiger partial charge < -0.3 is 10.4 Å². The summed E-state index contributed by atoms with van der Waals surface area (Å²) < 4.78 is 28.3. The molecular formula is C22H24N2O5S. The van der Waals surface area contributed by atoms with Gasteiger partial charge in [-0.25, -0.2) is 8.42 Å². The van der Waals surface area contributed by atoms with Gasteiger partial charge in [-0.1, -0.05) is 60.7 Å². The van der Waals surface area contributed by atoms with Crippen LogP contribution in [0.15, 0.2) is 71.9 Å². The third kappa shape index (κ3) is 5.70. The molecule has 0 aromatic heterocycles. The average molecular weight is 429 g/mol. The van der Waals surface area contributed by atoms with Crippen molar-refractivity contribution < 1.29 is 23.1 Å². The topological polar surface area (TPSA) is 113 Å². The van der Waals surface area contributed by atoms with Crippen LogP contribution in [0.1, 0.15) is 24.0 Å². The molecule has 0 spiro atoms. The average Bonchev–Trinajstić information content (AvgIpc) is 2.90. The highest BCUT2D eigenvalue weighted by Gasteiger charge is 2.33. The number of sulfonamides is 1. The summed E-state index contributed by atoms with van der Waals surface area (Å²) >= 11 is 0. The third-order valence-electron chi connectivity index (χ3n) is 4.87. The highest BCUT2D eigenvalue weighted by molar-refractivity contribution is 7.88. The number of hydrogen-bond donors (Lipinski definition) is 3. The zero-order valence-corrected chi connectivity index (χ0v) is 17.2. The number of carbonyl (C=O) groups is 2. The first-order valence-electron chi connectivity index (χ1n) is 9.68. The van der Waals surface area contributed by atoms with Gasteiger partial charge in [-0.2, -0.15) is 0 Å². The molecule has 1 aliphatic rings. The minimum atomic E-state index is -3.87. The third-order valence-corrected chi connectivity index (χ3v) is 6.14. The Morgan fingerprint density at radius 2 is 1.63 bits per heavy atom. The van der Waals surface area contributed by atoms with Crippen molar-refractivity contribution in [3.05, 3.63) is 83.1 Å². The normalized spacial score (nSPS) is 18.8. The van der Waals surface area contributed by atoms with Crippen LogP contribution in [-0.2, 0) is 31.8 Å². The molecule has 0 radical (unpaired) electrons. The summed E-state index contributed by atoms with van der Waals surface area (Å²) in [7, 11) is -3.87. The van der Waals surface area contributed by atoms with Crippen LogP contribution in [0, 0.1) is 5.92 Å². The molecule has 1 amide bonds. The van der Waals surface area contributed by atoms with E-state index in [0.29, 0.717) is 18.5 Å². The van der Waals surface area contributed by atoms with Gasteiger partial charge in [0.25, 0.3) is 0 Å². The summed E-state index contributed by atoms with van der Waals surface area (Å²) in [4.78, 5) is 24.6. The number of benzene rings is 2. The first-order chi connectivity index (χ1) is 14.4. The number of rotatable bonds is 7. The Morgan fingerprint density at radius 3 is 2.23 bits per heavy atom. The number of carboxylic acids is 1. The van der Waals surface area contributed by atoms with E-state index in [1.807, 2.05) is 6.07 Å². The number of allylic oxidation sites excluding steroid dienone is 1.